The van der Waals surface area contributed by atoms with E-state index in [-0.39, 0.29) is 23.8 Å². The van der Waals surface area contributed by atoms with Crippen molar-refractivity contribution in [2.75, 3.05) is 19.0 Å². The van der Waals surface area contributed by atoms with Gasteiger partial charge in [-0.2, -0.15) is 0 Å². The van der Waals surface area contributed by atoms with Crippen molar-refractivity contribution >= 4 is 23.7 Å². The summed E-state index contributed by atoms with van der Waals surface area (Å²) in [4.78, 5) is 39.1. The fourth-order valence-electron chi connectivity index (χ4n) is 5.10. The number of carboxylic acid groups (broad SMARTS) is 1. The lowest BCUT2D eigenvalue weighted by Gasteiger charge is -2.45. The highest BCUT2D eigenvalue weighted by Gasteiger charge is 2.50. The zero-order valence-corrected chi connectivity index (χ0v) is 19.4. The van der Waals surface area contributed by atoms with Crippen molar-refractivity contribution in [2.24, 2.45) is 0 Å². The molecule has 0 radical (unpaired) electrons. The molecule has 178 valence electrons. The van der Waals surface area contributed by atoms with E-state index in [9.17, 15) is 19.5 Å². The summed E-state index contributed by atoms with van der Waals surface area (Å²) in [5.41, 5.74) is 3.79. The molecule has 1 fully saturated rings. The predicted octanol–water partition coefficient (Wildman–Crippen LogP) is 5.13. The van der Waals surface area contributed by atoms with Crippen LogP contribution in [0.1, 0.15) is 46.7 Å². The topological polar surface area (TPSA) is 95.9 Å². The first-order chi connectivity index (χ1) is 16.9. The van der Waals surface area contributed by atoms with Gasteiger partial charge in [0, 0.05) is 13.0 Å². The minimum absolute atomic E-state index is 0.0785. The molecule has 0 bridgehead atoms. The summed E-state index contributed by atoms with van der Waals surface area (Å²) in [5.74, 6) is -1.55. The van der Waals surface area contributed by atoms with Crippen molar-refractivity contribution < 1.29 is 24.2 Å². The smallest absolute Gasteiger partial charge is 0.411 e. The van der Waals surface area contributed by atoms with E-state index >= 15 is 0 Å². The number of hydrogen-bond acceptors (Lipinski definition) is 4. The van der Waals surface area contributed by atoms with Gasteiger partial charge in [0.25, 0.3) is 5.91 Å². The Morgan fingerprint density at radius 2 is 1.51 bits per heavy atom. The highest BCUT2D eigenvalue weighted by Crippen LogP contribution is 2.44. The van der Waals surface area contributed by atoms with Gasteiger partial charge in [-0.3, -0.25) is 10.1 Å². The van der Waals surface area contributed by atoms with Gasteiger partial charge in [-0.15, -0.1) is 0 Å². The molecule has 2 aliphatic rings. The summed E-state index contributed by atoms with van der Waals surface area (Å²) in [6, 6.07) is 22.7. The van der Waals surface area contributed by atoms with E-state index in [4.69, 9.17) is 4.74 Å². The second kappa shape index (κ2) is 8.91. The maximum Gasteiger partial charge on any atom is 0.411 e. The van der Waals surface area contributed by atoms with Gasteiger partial charge in [0.05, 0.1) is 11.3 Å². The van der Waals surface area contributed by atoms with Crippen LogP contribution in [0.25, 0.3) is 11.1 Å². The van der Waals surface area contributed by atoms with E-state index in [0.29, 0.717) is 12.8 Å². The molecule has 2 aliphatic carbocycles. The van der Waals surface area contributed by atoms with E-state index in [0.717, 1.165) is 28.7 Å². The van der Waals surface area contributed by atoms with Crippen molar-refractivity contribution in [1.82, 2.24) is 4.90 Å². The van der Waals surface area contributed by atoms with Gasteiger partial charge >= 0.3 is 12.1 Å². The monoisotopic (exact) mass is 470 g/mol. The van der Waals surface area contributed by atoms with Crippen LogP contribution in [0.3, 0.4) is 0 Å². The van der Waals surface area contributed by atoms with Crippen LogP contribution in [-0.4, -0.2) is 47.2 Å². The minimum atomic E-state index is -1.20. The van der Waals surface area contributed by atoms with Crippen LogP contribution in [0.15, 0.2) is 72.8 Å². The van der Waals surface area contributed by atoms with Crippen LogP contribution in [-0.2, 0) is 9.53 Å². The fourth-order valence-corrected chi connectivity index (χ4v) is 5.10. The van der Waals surface area contributed by atoms with Crippen LogP contribution >= 0.6 is 0 Å². The molecule has 7 heteroatoms. The Hall–Kier alpha value is -4.13. The van der Waals surface area contributed by atoms with E-state index in [1.165, 1.54) is 11.9 Å². The minimum Gasteiger partial charge on any atom is -0.479 e. The molecule has 0 unspecified atom stereocenters. The lowest BCUT2D eigenvalue weighted by atomic mass is 9.75. The molecule has 0 aliphatic heterocycles. The largest absolute Gasteiger partial charge is 0.479 e. The second-order valence-electron chi connectivity index (χ2n) is 9.05. The zero-order valence-electron chi connectivity index (χ0n) is 19.4. The summed E-state index contributed by atoms with van der Waals surface area (Å²) in [5, 5.41) is 12.4. The molecule has 5 rings (SSSR count). The summed E-state index contributed by atoms with van der Waals surface area (Å²) < 4.78 is 5.61. The highest BCUT2D eigenvalue weighted by atomic mass is 16.5. The van der Waals surface area contributed by atoms with Crippen molar-refractivity contribution in [3.63, 3.8) is 0 Å². The third-order valence-electron chi connectivity index (χ3n) is 7.26. The van der Waals surface area contributed by atoms with Crippen molar-refractivity contribution in [2.45, 2.75) is 30.7 Å². The van der Waals surface area contributed by atoms with Gasteiger partial charge in [-0.25, -0.2) is 9.59 Å². The molecule has 2 N–H and O–H groups in total. The molecule has 1 saturated carbocycles. The number of amides is 2. The molecule has 0 aromatic heterocycles. The Morgan fingerprint density at radius 3 is 2.09 bits per heavy atom. The number of nitrogens with zero attached hydrogens (tertiary/aromatic N) is 1. The molecule has 0 saturated heterocycles. The summed E-state index contributed by atoms with van der Waals surface area (Å²) in [6.07, 6.45) is 0.897. The van der Waals surface area contributed by atoms with Crippen LogP contribution in [0.5, 0.6) is 0 Å². The third-order valence-corrected chi connectivity index (χ3v) is 7.26. The molecular formula is C28H26N2O5. The fraction of sp³-hybridized carbons (Fsp3) is 0.250. The number of benzene rings is 3. The van der Waals surface area contributed by atoms with Crippen molar-refractivity contribution in [1.29, 1.82) is 0 Å². The number of fused-ring (bicyclic) bond motifs is 3. The first-order valence-electron chi connectivity index (χ1n) is 11.6. The van der Waals surface area contributed by atoms with E-state index in [1.807, 2.05) is 36.4 Å². The molecule has 7 nitrogen and oxygen atoms in total. The summed E-state index contributed by atoms with van der Waals surface area (Å²) in [7, 11) is 1.50. The number of aliphatic carboxylic acids is 1. The zero-order chi connectivity index (χ0) is 24.6. The molecule has 3 aromatic rings. The number of nitrogens with one attached hydrogen (secondary N) is 1. The number of carboxylic acids is 1. The van der Waals surface area contributed by atoms with Crippen molar-refractivity contribution in [3.8, 4) is 11.1 Å². The lowest BCUT2D eigenvalue weighted by Crippen LogP contribution is -2.59. The van der Waals surface area contributed by atoms with Gasteiger partial charge < -0.3 is 14.7 Å². The Bertz CT molecular complexity index is 1270. The number of anilines is 1. The van der Waals surface area contributed by atoms with Gasteiger partial charge in [0.2, 0.25) is 0 Å². The molecule has 0 spiro atoms. The van der Waals surface area contributed by atoms with E-state index in [2.05, 4.69) is 17.4 Å². The lowest BCUT2D eigenvalue weighted by molar-refractivity contribution is -0.154. The highest BCUT2D eigenvalue weighted by molar-refractivity contribution is 6.04. The predicted molar refractivity (Wildman–Crippen MR) is 131 cm³/mol. The maximum atomic E-state index is 13.2. The number of para-hydroxylation sites is 1. The van der Waals surface area contributed by atoms with Gasteiger partial charge in [-0.05, 0) is 53.6 Å². The van der Waals surface area contributed by atoms with Gasteiger partial charge in [-0.1, -0.05) is 60.7 Å². The Kier molecular flexibility index (Phi) is 5.76. The second-order valence-corrected chi connectivity index (χ2v) is 9.05. The van der Waals surface area contributed by atoms with Gasteiger partial charge in [0.1, 0.15) is 12.1 Å². The Balaban J connectivity index is 1.31. The van der Waals surface area contributed by atoms with E-state index < -0.39 is 23.5 Å². The number of ether oxygens (including phenoxy) is 1. The average molecular weight is 471 g/mol. The van der Waals surface area contributed by atoms with Gasteiger partial charge in [0.15, 0.2) is 0 Å². The first kappa shape index (κ1) is 22.7. The number of rotatable bonds is 6. The molecule has 35 heavy (non-hydrogen) atoms. The van der Waals surface area contributed by atoms with Crippen LogP contribution < -0.4 is 5.32 Å². The van der Waals surface area contributed by atoms with E-state index in [1.54, 1.807) is 24.3 Å². The summed E-state index contributed by atoms with van der Waals surface area (Å²) >= 11 is 0. The van der Waals surface area contributed by atoms with Crippen LogP contribution in [0.4, 0.5) is 10.5 Å². The SMILES string of the molecule is CN(C(=O)c1ccccc1NC(=O)OCC1c2ccccc2-c2ccccc21)C1(C(=O)O)CCC1. The molecular weight excluding hydrogens is 444 g/mol. The van der Waals surface area contributed by atoms with Crippen molar-refractivity contribution in [3.05, 3.63) is 89.5 Å². The standard InChI is InChI=1S/C28H26N2O5/c1-30(28(26(32)33)15-8-16-28)25(31)22-13-6-7-14-24(22)29-27(34)35-17-23-20-11-4-2-9-18(20)19-10-3-5-12-21(19)23/h2-7,9-14,23H,8,15-17H2,1H3,(H,29,34)(H,32,33). The number of likely N-dealkylation sites (N-methyl/N-ethyl adjacent to an activating group) is 1. The number of carbonyl (C=O) groups excluding carboxylic acids is 2. The first-order valence-corrected chi connectivity index (χ1v) is 11.6. The average Bonchev–Trinajstić information content (AvgIpc) is 3.15. The Labute approximate surface area is 203 Å². The normalized spacial score (nSPS) is 15.3. The molecule has 2 amide bonds. The Morgan fingerprint density at radius 1 is 0.943 bits per heavy atom. The molecule has 0 atom stereocenters. The maximum absolute atomic E-state index is 13.2. The molecule has 0 heterocycles. The number of carbonyl (C=O) groups is 3. The quantitative estimate of drug-likeness (QED) is 0.521. The third kappa shape index (κ3) is 3.83. The summed E-state index contributed by atoms with van der Waals surface area (Å²) in [6.45, 7) is 0.151. The molecule has 3 aromatic carbocycles. The number of hydrogen-bond donors (Lipinski definition) is 2. The van der Waals surface area contributed by atoms with Crippen LogP contribution in [0, 0.1) is 0 Å². The van der Waals surface area contributed by atoms with Crippen LogP contribution in [0.2, 0.25) is 0 Å².